The summed E-state index contributed by atoms with van der Waals surface area (Å²) in [5, 5.41) is 0. The Morgan fingerprint density at radius 2 is 0.544 bits per heavy atom. The molecule has 7 unspecified atom stereocenters. The van der Waals surface area contributed by atoms with Crippen LogP contribution in [0.25, 0.3) is 22.8 Å². The summed E-state index contributed by atoms with van der Waals surface area (Å²) in [5.41, 5.74) is 31.0. The highest BCUT2D eigenvalue weighted by atomic mass is 15.5. The van der Waals surface area contributed by atoms with Crippen LogP contribution in [-0.2, 0) is 16.6 Å². The zero-order valence-corrected chi connectivity index (χ0v) is 73.7. The number of allylic oxidation sites excluding steroid dienone is 4. The molecular formula is C117H150N8. The van der Waals surface area contributed by atoms with Gasteiger partial charge >= 0.3 is 0 Å². The second-order valence-corrected chi connectivity index (χ2v) is 38.3. The summed E-state index contributed by atoms with van der Waals surface area (Å²) in [6, 6.07) is 80.1. The summed E-state index contributed by atoms with van der Waals surface area (Å²) in [5.74, 6) is 3.36. The highest BCUT2D eigenvalue weighted by molar-refractivity contribution is 5.87. The first kappa shape index (κ1) is 82.3. The fourth-order valence-electron chi connectivity index (χ4n) is 26.6. The first-order valence-electron chi connectivity index (χ1n) is 50.4. The molecule has 6 saturated carbocycles. The number of benzene rings is 9. The molecule has 0 N–H and O–H groups in total. The van der Waals surface area contributed by atoms with Gasteiger partial charge in [0.1, 0.15) is 0 Å². The van der Waals surface area contributed by atoms with E-state index in [0.29, 0.717) is 29.6 Å². The van der Waals surface area contributed by atoms with E-state index in [4.69, 9.17) is 0 Å². The van der Waals surface area contributed by atoms with Crippen molar-refractivity contribution in [3.63, 3.8) is 0 Å². The fraction of sp³-hybridized carbons (Fsp3) is 0.470. The summed E-state index contributed by atoms with van der Waals surface area (Å²) in [6.45, 7) is 15.6. The average molecular weight is 1670 g/mol. The lowest BCUT2D eigenvalue weighted by Crippen LogP contribution is -2.54. The van der Waals surface area contributed by atoms with E-state index in [1.165, 1.54) is 275 Å². The number of anilines is 4. The van der Waals surface area contributed by atoms with Crippen molar-refractivity contribution >= 4 is 45.5 Å². The normalized spacial score (nSPS) is 26.8. The number of hydrogen-bond acceptors (Lipinski definition) is 8. The molecule has 8 heterocycles. The van der Waals surface area contributed by atoms with Gasteiger partial charge in [-0.25, -0.2) is 0 Å². The van der Waals surface area contributed by atoms with E-state index in [1.54, 1.807) is 5.56 Å². The van der Waals surface area contributed by atoms with Crippen LogP contribution >= 0.6 is 0 Å². The SMILES string of the molecule is C.C.C.C.[2H]C1N(c2ccccc2C)C(C)=C2c3ccccc3C(C3CCCCC3)(C3CCCC3)N21.[2H]C1N(c2ccccc2C)C(C)=C2c3ccccc3C(C3CCCCC3)(C3CCCCC3)N21.[2H]C1N(c2ccccc2C)C(C)=C2c3ccccc3C([2H])(C3CCCCC3)N21.[2H]C1N(c2ccccc2C)C(C)=C2c3ccccc3C(c3ccccc3)(C3CCCCC3)N21. The van der Waals surface area contributed by atoms with Gasteiger partial charge in [-0.3, -0.25) is 0 Å². The molecule has 7 atom stereocenters. The van der Waals surface area contributed by atoms with Crippen LogP contribution in [0.3, 0.4) is 0 Å². The van der Waals surface area contributed by atoms with Crippen molar-refractivity contribution in [2.75, 3.05) is 46.2 Å². The van der Waals surface area contributed by atoms with Crippen molar-refractivity contribution in [2.45, 2.75) is 294 Å². The Bertz CT molecular complexity index is 5620. The van der Waals surface area contributed by atoms with E-state index < -0.39 is 32.6 Å². The van der Waals surface area contributed by atoms with Gasteiger partial charge in [0.05, 0.1) is 78.9 Å². The van der Waals surface area contributed by atoms with Crippen molar-refractivity contribution in [3.05, 3.63) is 320 Å². The van der Waals surface area contributed by atoms with E-state index in [-0.39, 0.29) is 52.2 Å². The van der Waals surface area contributed by atoms with Crippen molar-refractivity contribution in [2.24, 2.45) is 35.5 Å². The third kappa shape index (κ3) is 14.7. The van der Waals surface area contributed by atoms with Crippen molar-refractivity contribution < 1.29 is 6.85 Å². The topological polar surface area (TPSA) is 25.9 Å². The van der Waals surface area contributed by atoms with Gasteiger partial charge in [-0.15, -0.1) is 0 Å². The maximum atomic E-state index is 9.76. The molecule has 8 aliphatic heterocycles. The molecule has 658 valence electrons. The predicted octanol–water partition coefficient (Wildman–Crippen LogP) is 31.2. The minimum Gasteiger partial charge on any atom is -0.344 e. The molecule has 0 radical (unpaired) electrons. The summed E-state index contributed by atoms with van der Waals surface area (Å²) in [7, 11) is 0. The maximum absolute atomic E-state index is 9.76. The Kier molecular flexibility index (Phi) is 24.6. The lowest BCUT2D eigenvalue weighted by Gasteiger charge is -2.53. The Hall–Kier alpha value is -9.66. The van der Waals surface area contributed by atoms with E-state index >= 15 is 0 Å². The Labute approximate surface area is 762 Å². The van der Waals surface area contributed by atoms with E-state index in [2.05, 4.69) is 307 Å². The molecule has 0 amide bonds. The zero-order chi connectivity index (χ0) is 86.5. The van der Waals surface area contributed by atoms with E-state index in [9.17, 15) is 6.85 Å². The Morgan fingerprint density at radius 3 is 0.936 bits per heavy atom. The molecular weight excluding hydrogens is 1520 g/mol. The third-order valence-corrected chi connectivity index (χ3v) is 32.0. The highest BCUT2D eigenvalue weighted by Crippen LogP contribution is 2.66. The third-order valence-electron chi connectivity index (χ3n) is 32.0. The first-order valence-corrected chi connectivity index (χ1v) is 47.6. The smallest absolute Gasteiger partial charge is 0.0962 e. The molecule has 9 aromatic rings. The number of fused-ring (bicyclic) bond motifs is 12. The van der Waals surface area contributed by atoms with Crippen LogP contribution < -0.4 is 19.6 Å². The lowest BCUT2D eigenvalue weighted by molar-refractivity contribution is -0.00203. The number of aryl methyl sites for hydroxylation is 4. The Morgan fingerprint density at radius 1 is 0.264 bits per heavy atom. The highest BCUT2D eigenvalue weighted by Gasteiger charge is 2.62. The zero-order valence-electron chi connectivity index (χ0n) is 78.7. The molecule has 0 bridgehead atoms. The van der Waals surface area contributed by atoms with Gasteiger partial charge in [0, 0.05) is 67.8 Å². The van der Waals surface area contributed by atoms with Crippen LogP contribution in [0.2, 0.25) is 0 Å². The largest absolute Gasteiger partial charge is 0.344 e. The van der Waals surface area contributed by atoms with Crippen LogP contribution in [0.5, 0.6) is 0 Å². The molecule has 0 spiro atoms. The lowest BCUT2D eigenvalue weighted by atomic mass is 9.61. The number of rotatable bonds is 11. The number of para-hydroxylation sites is 4. The molecule has 125 heavy (non-hydrogen) atoms. The summed E-state index contributed by atoms with van der Waals surface area (Å²) in [6.07, 6.45) is 37.5. The second kappa shape index (κ2) is 37.3. The van der Waals surface area contributed by atoms with Crippen LogP contribution in [-0.4, -0.2) is 46.2 Å². The van der Waals surface area contributed by atoms with Crippen LogP contribution in [0.15, 0.2) is 247 Å². The second-order valence-electron chi connectivity index (χ2n) is 38.3. The number of hydrogen-bond donors (Lipinski definition) is 0. The van der Waals surface area contributed by atoms with Gasteiger partial charge < -0.3 is 39.2 Å². The molecule has 14 aliphatic rings. The quantitative estimate of drug-likeness (QED) is 0.126. The summed E-state index contributed by atoms with van der Waals surface area (Å²) >= 11 is 0. The molecule has 0 aromatic heterocycles. The average Bonchev–Trinajstić information content (AvgIpc) is 1.52. The van der Waals surface area contributed by atoms with Gasteiger partial charge in [-0.05, 0) is 242 Å². The van der Waals surface area contributed by atoms with Crippen LogP contribution in [0, 0.1) is 63.2 Å². The van der Waals surface area contributed by atoms with Crippen molar-refractivity contribution in [1.82, 2.24) is 19.6 Å². The number of nitrogens with zero attached hydrogens (tertiary/aromatic N) is 8. The van der Waals surface area contributed by atoms with Gasteiger partial charge in [-0.2, -0.15) is 0 Å². The first-order chi connectivity index (χ1) is 61.5. The molecule has 8 heteroatoms. The monoisotopic (exact) mass is 1670 g/mol. The minimum atomic E-state index is -0.850. The molecule has 6 fully saturated rings. The molecule has 23 rings (SSSR count). The summed E-state index contributed by atoms with van der Waals surface area (Å²) in [4.78, 5) is 18.8. The standard InChI is InChI=1S/C30H38N2.C30H32N2.C29H36N2.C24H28N2.4CH4/c2*1-22-13-9-12-20-28(22)31-21-32-29(23(31)2)26-18-10-11-19-27(26)30(32,24-14-5-3-6-15-24)25-16-7-4-8-17-25;1-21-12-6-11-19-27(21)30-20-31-28(22(30)2)25-17-9-10-18-26(25)29(31,24-15-7-8-16-24)23-13-4-3-5-14-23;1-17-10-6-9-15-22(17)25-16-26-23(18(25)2)20-13-7-8-14-21(20)24(26)19-11-4-3-5-12-19;;;;/h9-13,18-20,24-25H,3-8,14-17,21H2,1-2H3;3,5-6,9-15,18-20,25H,4,7-8,16-17,21H2,1-2H3;6,9-12,17-19,23-24H,3-5,7-8,13-16,20H2,1-2H3;6-10,13-15,19,24H,3-5,11-12,16H2,1-2H3;4*1H4/i2*21D;20D;16D,24D;;;;. The van der Waals surface area contributed by atoms with Gasteiger partial charge in [0.2, 0.25) is 0 Å². The molecule has 0 saturated heterocycles. The summed E-state index contributed by atoms with van der Waals surface area (Å²) < 4.78 is 48.1. The van der Waals surface area contributed by atoms with Crippen LogP contribution in [0.1, 0.15) is 329 Å². The fourth-order valence-corrected chi connectivity index (χ4v) is 26.6. The van der Waals surface area contributed by atoms with Crippen molar-refractivity contribution in [3.8, 4) is 0 Å². The molecule has 6 aliphatic carbocycles. The van der Waals surface area contributed by atoms with Gasteiger partial charge in [0.25, 0.3) is 0 Å². The maximum Gasteiger partial charge on any atom is 0.0962 e. The minimum absolute atomic E-state index is 0. The van der Waals surface area contributed by atoms with E-state index in [0.717, 1.165) is 46.7 Å². The van der Waals surface area contributed by atoms with Gasteiger partial charge in [0.15, 0.2) is 0 Å². The predicted molar refractivity (Wildman–Crippen MR) is 533 cm³/mol. The van der Waals surface area contributed by atoms with Crippen molar-refractivity contribution in [1.29, 1.82) is 0 Å². The molecule has 8 nitrogen and oxygen atoms in total. The Balaban J connectivity index is 0.000000126. The van der Waals surface area contributed by atoms with Crippen LogP contribution in [0.4, 0.5) is 22.7 Å². The van der Waals surface area contributed by atoms with Gasteiger partial charge in [-0.1, -0.05) is 339 Å². The molecule has 9 aromatic carbocycles. The van der Waals surface area contributed by atoms with E-state index in [1.807, 2.05) is 12.1 Å².